The maximum absolute atomic E-state index is 14.7. The highest BCUT2D eigenvalue weighted by Gasteiger charge is 2.27. The van der Waals surface area contributed by atoms with Gasteiger partial charge < -0.3 is 10.1 Å². The maximum atomic E-state index is 14.7. The van der Waals surface area contributed by atoms with Gasteiger partial charge in [0.15, 0.2) is 21.4 Å². The van der Waals surface area contributed by atoms with Crippen molar-refractivity contribution in [3.05, 3.63) is 84.3 Å². The Morgan fingerprint density at radius 1 is 1.08 bits per heavy atom. The molecule has 0 bridgehead atoms. The summed E-state index contributed by atoms with van der Waals surface area (Å²) >= 11 is 0. The topological polar surface area (TPSA) is 114 Å². The predicted molar refractivity (Wildman–Crippen MR) is 133 cm³/mol. The van der Waals surface area contributed by atoms with Gasteiger partial charge in [-0.3, -0.25) is 4.79 Å². The molecule has 0 fully saturated rings. The Hall–Kier alpha value is -4.49. The molecule has 0 saturated carbocycles. The second kappa shape index (κ2) is 10.0. The maximum Gasteiger partial charge on any atom is 0.274 e. The van der Waals surface area contributed by atoms with Crippen LogP contribution < -0.4 is 10.1 Å². The van der Waals surface area contributed by atoms with Gasteiger partial charge in [-0.25, -0.2) is 17.5 Å². The first-order valence-corrected chi connectivity index (χ1v) is 12.6. The normalized spacial score (nSPS) is 11.1. The molecule has 3 aromatic carbocycles. The van der Waals surface area contributed by atoms with Crippen LogP contribution in [0.15, 0.2) is 77.7 Å². The second-order valence-corrected chi connectivity index (χ2v) is 9.87. The van der Waals surface area contributed by atoms with Crippen LogP contribution in [0.3, 0.4) is 0 Å². The first kappa shape index (κ1) is 24.6. The molecule has 1 aromatic heterocycles. The molecule has 1 heterocycles. The van der Waals surface area contributed by atoms with Crippen molar-refractivity contribution in [2.75, 3.05) is 18.7 Å². The van der Waals surface area contributed by atoms with Gasteiger partial charge in [0.05, 0.1) is 18.1 Å². The number of amides is 1. The van der Waals surface area contributed by atoms with Gasteiger partial charge in [0, 0.05) is 23.1 Å². The van der Waals surface area contributed by atoms with E-state index in [9.17, 15) is 22.9 Å². The zero-order valence-corrected chi connectivity index (χ0v) is 20.2. The Bertz CT molecular complexity index is 1570. The van der Waals surface area contributed by atoms with Crippen LogP contribution in [0.4, 0.5) is 10.1 Å². The number of sulfone groups is 1. The number of carbonyl (C=O) groups is 1. The lowest BCUT2D eigenvalue weighted by Gasteiger charge is -2.11. The molecule has 0 unspecified atom stereocenters. The van der Waals surface area contributed by atoms with Crippen LogP contribution in [0.1, 0.15) is 10.5 Å². The lowest BCUT2D eigenvalue weighted by Crippen LogP contribution is -2.18. The number of hydrogen-bond acceptors (Lipinski definition) is 6. The molecular weight excluding hydrogens is 483 g/mol. The fraction of sp³-hybridized carbons (Fsp3) is 0.115. The van der Waals surface area contributed by atoms with E-state index in [1.807, 2.05) is 6.07 Å². The number of nitrogens with one attached hydrogen (secondary N) is 1. The first-order valence-electron chi connectivity index (χ1n) is 10.7. The summed E-state index contributed by atoms with van der Waals surface area (Å²) in [6, 6.07) is 20.9. The third-order valence-corrected chi connectivity index (χ3v) is 6.54. The average Bonchev–Trinajstić information content (AvgIpc) is 3.24. The molecule has 36 heavy (non-hydrogen) atoms. The molecule has 182 valence electrons. The lowest BCUT2D eigenvalue weighted by atomic mass is 9.98. The molecule has 4 rings (SSSR count). The van der Waals surface area contributed by atoms with Gasteiger partial charge in [0.25, 0.3) is 5.91 Å². The molecule has 10 heteroatoms. The van der Waals surface area contributed by atoms with Crippen molar-refractivity contribution in [3.8, 4) is 34.2 Å². The molecule has 8 nitrogen and oxygen atoms in total. The van der Waals surface area contributed by atoms with Crippen LogP contribution in [0.5, 0.6) is 5.75 Å². The van der Waals surface area contributed by atoms with Crippen molar-refractivity contribution in [1.29, 1.82) is 5.26 Å². The molecule has 0 saturated heterocycles. The molecule has 1 amide bonds. The van der Waals surface area contributed by atoms with Gasteiger partial charge in [-0.2, -0.15) is 10.4 Å². The molecule has 0 aliphatic carbocycles. The Morgan fingerprint density at radius 3 is 2.33 bits per heavy atom. The van der Waals surface area contributed by atoms with Crippen LogP contribution in [0, 0.1) is 17.1 Å². The fourth-order valence-electron chi connectivity index (χ4n) is 3.74. The average molecular weight is 505 g/mol. The van der Waals surface area contributed by atoms with Gasteiger partial charge in [0.2, 0.25) is 0 Å². The minimum absolute atomic E-state index is 0.0255. The van der Waals surface area contributed by atoms with E-state index >= 15 is 0 Å². The van der Waals surface area contributed by atoms with E-state index in [4.69, 9.17) is 4.74 Å². The molecular formula is C26H21FN4O4S. The molecule has 4 aromatic rings. The summed E-state index contributed by atoms with van der Waals surface area (Å²) in [5.74, 6) is -1.16. The van der Waals surface area contributed by atoms with Crippen LogP contribution in [0.25, 0.3) is 22.4 Å². The van der Waals surface area contributed by atoms with Crippen molar-refractivity contribution in [3.63, 3.8) is 0 Å². The van der Waals surface area contributed by atoms with E-state index in [0.29, 0.717) is 16.8 Å². The molecule has 0 spiro atoms. The summed E-state index contributed by atoms with van der Waals surface area (Å²) in [5.41, 5.74) is 1.96. The third-order valence-electron chi connectivity index (χ3n) is 5.42. The highest BCUT2D eigenvalue weighted by atomic mass is 32.2. The Labute approximate surface area is 207 Å². The van der Waals surface area contributed by atoms with E-state index in [-0.39, 0.29) is 34.1 Å². The number of ether oxygens (including phenoxy) is 1. The fourth-order valence-corrected chi connectivity index (χ4v) is 4.37. The van der Waals surface area contributed by atoms with Crippen molar-refractivity contribution in [2.24, 2.45) is 0 Å². The van der Waals surface area contributed by atoms with Crippen molar-refractivity contribution >= 4 is 21.4 Å². The van der Waals surface area contributed by atoms with E-state index in [2.05, 4.69) is 10.4 Å². The zero-order valence-electron chi connectivity index (χ0n) is 19.4. The number of methoxy groups -OCH3 is 1. The lowest BCUT2D eigenvalue weighted by molar-refractivity contribution is 0.101. The molecule has 0 radical (unpaired) electrons. The quantitative estimate of drug-likeness (QED) is 0.395. The summed E-state index contributed by atoms with van der Waals surface area (Å²) in [7, 11) is -2.09. The largest absolute Gasteiger partial charge is 0.494 e. The Balaban J connectivity index is 1.95. The SMILES string of the molecule is COc1ccc(-c2c(-c3ccc(S(C)(=O)=O)cc3)nn(CC#N)c2C(=O)Nc2ccccc2)cc1F. The number of anilines is 1. The molecule has 0 aliphatic rings. The van der Waals surface area contributed by atoms with Gasteiger partial charge in [-0.05, 0) is 42.0 Å². The Kier molecular flexibility index (Phi) is 6.85. The van der Waals surface area contributed by atoms with E-state index in [1.54, 1.807) is 48.5 Å². The van der Waals surface area contributed by atoms with Gasteiger partial charge in [-0.1, -0.05) is 36.4 Å². The van der Waals surface area contributed by atoms with Crippen LogP contribution >= 0.6 is 0 Å². The van der Waals surface area contributed by atoms with E-state index < -0.39 is 21.6 Å². The first-order chi connectivity index (χ1) is 17.2. The zero-order chi connectivity index (χ0) is 25.9. The summed E-state index contributed by atoms with van der Waals surface area (Å²) in [6.07, 6.45) is 1.10. The summed E-state index contributed by atoms with van der Waals surface area (Å²) in [4.78, 5) is 13.6. The van der Waals surface area contributed by atoms with E-state index in [1.165, 1.54) is 36.1 Å². The smallest absolute Gasteiger partial charge is 0.274 e. The molecule has 0 atom stereocenters. The van der Waals surface area contributed by atoms with E-state index in [0.717, 1.165) is 6.26 Å². The number of rotatable bonds is 7. The van der Waals surface area contributed by atoms with Crippen molar-refractivity contribution in [2.45, 2.75) is 11.4 Å². The number of nitrogens with zero attached hydrogens (tertiary/aromatic N) is 3. The standard InChI is InChI=1S/C26H21FN4O4S/c1-35-22-13-10-18(16-21(22)27)23-24(17-8-11-20(12-9-17)36(2,33)34)30-31(15-14-28)25(23)26(32)29-19-6-4-3-5-7-19/h3-13,16H,15H2,1-2H3,(H,29,32). The molecule has 1 N–H and O–H groups in total. The number of aromatic nitrogens is 2. The second-order valence-electron chi connectivity index (χ2n) is 7.85. The number of carbonyl (C=O) groups excluding carboxylic acids is 1. The summed E-state index contributed by atoms with van der Waals surface area (Å²) < 4.78 is 44.8. The molecule has 0 aliphatic heterocycles. The summed E-state index contributed by atoms with van der Waals surface area (Å²) in [6.45, 7) is -0.245. The number of nitriles is 1. The van der Waals surface area contributed by atoms with Gasteiger partial charge >= 0.3 is 0 Å². The minimum Gasteiger partial charge on any atom is -0.494 e. The number of halogens is 1. The predicted octanol–water partition coefficient (Wildman–Crippen LogP) is 4.54. The number of benzene rings is 3. The van der Waals surface area contributed by atoms with Crippen LogP contribution in [-0.2, 0) is 16.4 Å². The monoisotopic (exact) mass is 504 g/mol. The highest BCUT2D eigenvalue weighted by molar-refractivity contribution is 7.90. The number of hydrogen-bond donors (Lipinski definition) is 1. The highest BCUT2D eigenvalue weighted by Crippen LogP contribution is 2.37. The van der Waals surface area contributed by atoms with Crippen molar-refractivity contribution in [1.82, 2.24) is 9.78 Å². The van der Waals surface area contributed by atoms with Crippen molar-refractivity contribution < 1.29 is 22.3 Å². The van der Waals surface area contributed by atoms with Crippen LogP contribution in [0.2, 0.25) is 0 Å². The third kappa shape index (κ3) is 4.96. The minimum atomic E-state index is -3.43. The summed E-state index contributed by atoms with van der Waals surface area (Å²) in [5, 5.41) is 16.7. The van der Waals surface area contributed by atoms with Gasteiger partial charge in [0.1, 0.15) is 17.9 Å². The number of para-hydroxylation sites is 1. The van der Waals surface area contributed by atoms with Gasteiger partial charge in [-0.15, -0.1) is 0 Å². The Morgan fingerprint density at radius 2 is 1.75 bits per heavy atom. The van der Waals surface area contributed by atoms with Crippen LogP contribution in [-0.4, -0.2) is 37.5 Å².